The van der Waals surface area contributed by atoms with Gasteiger partial charge in [0.2, 0.25) is 5.88 Å². The number of rotatable bonds is 7. The molecule has 0 radical (unpaired) electrons. The highest BCUT2D eigenvalue weighted by Crippen LogP contribution is 2.35. The SMILES string of the molecule is CCCCn1c(=O)c(C(=N)N)c(O)n(CC2CCC(c3n[nH]c(C)n3)CC2)c1=O. The fraction of sp³-hybridized carbons (Fsp3) is 0.632. The number of hydrogen-bond acceptors (Lipinski definition) is 6. The maximum Gasteiger partial charge on any atom is 0.333 e. The van der Waals surface area contributed by atoms with Crippen molar-refractivity contribution in [3.63, 3.8) is 0 Å². The second kappa shape index (κ2) is 8.62. The van der Waals surface area contributed by atoms with Gasteiger partial charge in [0.05, 0.1) is 0 Å². The first-order chi connectivity index (χ1) is 13.8. The number of hydrogen-bond donors (Lipinski definition) is 4. The third kappa shape index (κ3) is 4.25. The summed E-state index contributed by atoms with van der Waals surface area (Å²) in [5, 5.41) is 25.3. The minimum Gasteiger partial charge on any atom is -0.494 e. The van der Waals surface area contributed by atoms with Crippen LogP contribution in [0.4, 0.5) is 0 Å². The van der Waals surface area contributed by atoms with E-state index >= 15 is 0 Å². The second-order valence-electron chi connectivity index (χ2n) is 7.81. The van der Waals surface area contributed by atoms with Crippen molar-refractivity contribution in [3.05, 3.63) is 38.1 Å². The Morgan fingerprint density at radius 1 is 1.28 bits per heavy atom. The molecule has 0 atom stereocenters. The van der Waals surface area contributed by atoms with E-state index < -0.39 is 23.0 Å². The third-order valence-electron chi connectivity index (χ3n) is 5.67. The summed E-state index contributed by atoms with van der Waals surface area (Å²) in [6.45, 7) is 4.37. The fourth-order valence-electron chi connectivity index (χ4n) is 4.01. The van der Waals surface area contributed by atoms with E-state index in [4.69, 9.17) is 11.1 Å². The summed E-state index contributed by atoms with van der Waals surface area (Å²) in [5.74, 6) is 1.04. The number of aryl methyl sites for hydroxylation is 1. The molecule has 0 aliphatic heterocycles. The lowest BCUT2D eigenvalue weighted by Gasteiger charge is -2.28. The molecule has 0 spiro atoms. The van der Waals surface area contributed by atoms with Crippen molar-refractivity contribution in [2.45, 2.75) is 71.4 Å². The van der Waals surface area contributed by atoms with Crippen molar-refractivity contribution < 1.29 is 5.11 Å². The predicted molar refractivity (Wildman–Crippen MR) is 108 cm³/mol. The molecule has 2 aromatic heterocycles. The first-order valence-corrected chi connectivity index (χ1v) is 10.1. The summed E-state index contributed by atoms with van der Waals surface area (Å²) in [6.07, 6.45) is 4.96. The van der Waals surface area contributed by atoms with E-state index in [2.05, 4.69) is 15.2 Å². The molecule has 2 heterocycles. The van der Waals surface area contributed by atoms with Crippen LogP contribution in [0.3, 0.4) is 0 Å². The van der Waals surface area contributed by atoms with Crippen LogP contribution < -0.4 is 17.0 Å². The zero-order valence-electron chi connectivity index (χ0n) is 16.9. The van der Waals surface area contributed by atoms with Crippen LogP contribution >= 0.6 is 0 Å². The normalized spacial score (nSPS) is 19.4. The van der Waals surface area contributed by atoms with Crippen molar-refractivity contribution in [1.29, 1.82) is 5.41 Å². The monoisotopic (exact) mass is 403 g/mol. The number of H-pyrrole nitrogens is 1. The van der Waals surface area contributed by atoms with Gasteiger partial charge in [-0.25, -0.2) is 9.78 Å². The van der Waals surface area contributed by atoms with Gasteiger partial charge in [0.1, 0.15) is 17.2 Å². The van der Waals surface area contributed by atoms with Gasteiger partial charge in [-0.2, -0.15) is 5.10 Å². The molecule has 0 bridgehead atoms. The highest BCUT2D eigenvalue weighted by atomic mass is 16.3. The molecular weight excluding hydrogens is 374 g/mol. The summed E-state index contributed by atoms with van der Waals surface area (Å²) < 4.78 is 2.29. The Labute approximate surface area is 168 Å². The molecular formula is C19H29N7O3. The molecule has 1 fully saturated rings. The Kier molecular flexibility index (Phi) is 6.19. The van der Waals surface area contributed by atoms with Crippen LogP contribution in [0, 0.1) is 18.3 Å². The first-order valence-electron chi connectivity index (χ1n) is 10.1. The smallest absolute Gasteiger partial charge is 0.333 e. The van der Waals surface area contributed by atoms with Crippen LogP contribution in [-0.2, 0) is 13.1 Å². The van der Waals surface area contributed by atoms with E-state index in [1.165, 1.54) is 4.57 Å². The molecule has 10 heteroatoms. The van der Waals surface area contributed by atoms with Crippen LogP contribution in [0.1, 0.15) is 68.6 Å². The van der Waals surface area contributed by atoms with Crippen LogP contribution in [0.2, 0.25) is 0 Å². The standard InChI is InChI=1S/C19H29N7O3/c1-3-4-9-25-17(27)14(15(20)21)18(28)26(19(25)29)10-12-5-7-13(8-6-12)16-22-11(2)23-24-16/h12-13,28H,3-10H2,1-2H3,(H3,20,21)(H,22,23,24). The summed E-state index contributed by atoms with van der Waals surface area (Å²) in [5.41, 5.74) is 3.98. The molecule has 158 valence electrons. The summed E-state index contributed by atoms with van der Waals surface area (Å²) in [4.78, 5) is 29.9. The minimum atomic E-state index is -0.701. The highest BCUT2D eigenvalue weighted by molar-refractivity contribution is 5.96. The number of aromatic amines is 1. The molecule has 0 unspecified atom stereocenters. The van der Waals surface area contributed by atoms with E-state index in [1.54, 1.807) is 0 Å². The maximum atomic E-state index is 12.9. The molecule has 5 N–H and O–H groups in total. The summed E-state index contributed by atoms with van der Waals surface area (Å²) >= 11 is 0. The maximum absolute atomic E-state index is 12.9. The van der Waals surface area contributed by atoms with Crippen molar-refractivity contribution in [2.75, 3.05) is 0 Å². The van der Waals surface area contributed by atoms with Gasteiger partial charge in [-0.3, -0.25) is 24.4 Å². The topological polar surface area (TPSA) is 156 Å². The van der Waals surface area contributed by atoms with Crippen LogP contribution in [0.5, 0.6) is 5.88 Å². The van der Waals surface area contributed by atoms with Crippen LogP contribution in [0.15, 0.2) is 9.59 Å². The van der Waals surface area contributed by atoms with Crippen molar-refractivity contribution in [3.8, 4) is 5.88 Å². The van der Waals surface area contributed by atoms with E-state index in [0.29, 0.717) is 6.42 Å². The number of aromatic hydroxyl groups is 1. The molecule has 0 saturated heterocycles. The molecule has 0 aromatic carbocycles. The van der Waals surface area contributed by atoms with E-state index in [9.17, 15) is 14.7 Å². The van der Waals surface area contributed by atoms with E-state index in [0.717, 1.165) is 48.3 Å². The number of amidine groups is 1. The quantitative estimate of drug-likeness (QED) is 0.402. The van der Waals surface area contributed by atoms with Crippen molar-refractivity contribution in [2.24, 2.45) is 11.7 Å². The summed E-state index contributed by atoms with van der Waals surface area (Å²) in [6, 6.07) is 0. The molecule has 3 rings (SSSR count). The lowest BCUT2D eigenvalue weighted by atomic mass is 9.81. The molecule has 10 nitrogen and oxygen atoms in total. The summed E-state index contributed by atoms with van der Waals surface area (Å²) in [7, 11) is 0. The number of nitrogens with zero attached hydrogens (tertiary/aromatic N) is 4. The number of nitrogens with two attached hydrogens (primary N) is 1. The Bertz CT molecular complexity index is 996. The molecule has 29 heavy (non-hydrogen) atoms. The lowest BCUT2D eigenvalue weighted by Crippen LogP contribution is -2.44. The van der Waals surface area contributed by atoms with Gasteiger partial charge in [0.15, 0.2) is 5.82 Å². The van der Waals surface area contributed by atoms with Gasteiger partial charge in [-0.1, -0.05) is 13.3 Å². The Morgan fingerprint density at radius 2 is 1.97 bits per heavy atom. The van der Waals surface area contributed by atoms with Gasteiger partial charge in [0, 0.05) is 19.0 Å². The van der Waals surface area contributed by atoms with Gasteiger partial charge in [-0.15, -0.1) is 0 Å². The fourth-order valence-corrected chi connectivity index (χ4v) is 4.01. The van der Waals surface area contributed by atoms with Crippen molar-refractivity contribution in [1.82, 2.24) is 24.3 Å². The zero-order chi connectivity index (χ0) is 21.1. The second-order valence-corrected chi connectivity index (χ2v) is 7.81. The highest BCUT2D eigenvalue weighted by Gasteiger charge is 2.28. The van der Waals surface area contributed by atoms with Crippen molar-refractivity contribution >= 4 is 5.84 Å². The number of nitrogen functional groups attached to an aromatic ring is 1. The van der Waals surface area contributed by atoms with Crippen LogP contribution in [0.25, 0.3) is 0 Å². The third-order valence-corrected chi connectivity index (χ3v) is 5.67. The predicted octanol–water partition coefficient (Wildman–Crippen LogP) is 1.20. The lowest BCUT2D eigenvalue weighted by molar-refractivity contribution is 0.267. The molecule has 1 aliphatic rings. The Morgan fingerprint density at radius 3 is 2.52 bits per heavy atom. The average molecular weight is 403 g/mol. The average Bonchev–Trinajstić information content (AvgIpc) is 3.12. The van der Waals surface area contributed by atoms with E-state index in [-0.39, 0.29) is 30.5 Å². The van der Waals surface area contributed by atoms with Gasteiger partial charge >= 0.3 is 5.69 Å². The van der Waals surface area contributed by atoms with E-state index in [1.807, 2.05) is 13.8 Å². The Hall–Kier alpha value is -2.91. The first kappa shape index (κ1) is 20.8. The van der Waals surface area contributed by atoms with Gasteiger partial charge < -0.3 is 10.8 Å². The largest absolute Gasteiger partial charge is 0.494 e. The molecule has 0 amide bonds. The van der Waals surface area contributed by atoms with Gasteiger partial charge in [-0.05, 0) is 44.9 Å². The zero-order valence-corrected chi connectivity index (χ0v) is 16.9. The number of unbranched alkanes of at least 4 members (excludes halogenated alkanes) is 1. The van der Waals surface area contributed by atoms with Crippen LogP contribution in [-0.4, -0.2) is 35.3 Å². The molecule has 1 aliphatic carbocycles. The van der Waals surface area contributed by atoms with Gasteiger partial charge in [0.25, 0.3) is 5.56 Å². The Balaban J connectivity index is 1.83. The number of aromatic nitrogens is 5. The number of nitrogens with one attached hydrogen (secondary N) is 2. The molecule has 2 aromatic rings. The molecule has 1 saturated carbocycles. The minimum absolute atomic E-state index is 0.173.